The molecule has 1 aliphatic heterocycles. The van der Waals surface area contributed by atoms with Crippen molar-refractivity contribution in [1.29, 1.82) is 0 Å². The number of carbonyl (C=O) groups excluding carboxylic acids is 2. The van der Waals surface area contributed by atoms with E-state index < -0.39 is 0 Å². The number of hydrogen-bond donors (Lipinski definition) is 1. The Hall–Kier alpha value is -2.28. The van der Waals surface area contributed by atoms with Crippen molar-refractivity contribution in [3.8, 4) is 5.69 Å². The number of rotatable bonds is 6. The van der Waals surface area contributed by atoms with E-state index in [1.54, 1.807) is 15.8 Å². The van der Waals surface area contributed by atoms with Crippen molar-refractivity contribution in [2.24, 2.45) is 0 Å². The Morgan fingerprint density at radius 1 is 1.30 bits per heavy atom. The minimum absolute atomic E-state index is 0.00522. The van der Waals surface area contributed by atoms with Crippen LogP contribution in [0, 0.1) is 0 Å². The van der Waals surface area contributed by atoms with Crippen molar-refractivity contribution in [3.63, 3.8) is 0 Å². The van der Waals surface area contributed by atoms with E-state index in [9.17, 15) is 9.59 Å². The first kappa shape index (κ1) is 15.6. The fraction of sp³-hybridized carbons (Fsp3) is 0.312. The Balaban J connectivity index is 1.43. The van der Waals surface area contributed by atoms with Crippen molar-refractivity contribution < 1.29 is 9.59 Å². The molecule has 0 unspecified atom stereocenters. The summed E-state index contributed by atoms with van der Waals surface area (Å²) in [6.45, 7) is 1.38. The third-order valence-corrected chi connectivity index (χ3v) is 4.51. The highest BCUT2D eigenvalue weighted by Gasteiger charge is 2.22. The quantitative estimate of drug-likeness (QED) is 0.875. The van der Waals surface area contributed by atoms with Gasteiger partial charge in [0.25, 0.3) is 5.24 Å². The molecule has 0 saturated carbocycles. The van der Waals surface area contributed by atoms with Crippen molar-refractivity contribution in [3.05, 3.63) is 48.3 Å². The molecule has 1 aromatic carbocycles. The van der Waals surface area contributed by atoms with Crippen LogP contribution in [0.15, 0.2) is 42.7 Å². The summed E-state index contributed by atoms with van der Waals surface area (Å²) >= 11 is 1.27. The minimum atomic E-state index is -0.103. The molecule has 1 saturated heterocycles. The Morgan fingerprint density at radius 2 is 2.13 bits per heavy atom. The Bertz CT molecular complexity index is 670. The van der Waals surface area contributed by atoms with Crippen LogP contribution >= 0.6 is 11.8 Å². The molecule has 0 aliphatic carbocycles. The van der Waals surface area contributed by atoms with Gasteiger partial charge in [-0.3, -0.25) is 9.59 Å². The molecule has 1 fully saturated rings. The maximum absolute atomic E-state index is 11.8. The fourth-order valence-electron chi connectivity index (χ4n) is 2.38. The molecule has 2 aromatic rings. The number of amides is 2. The topological polar surface area (TPSA) is 67.2 Å². The zero-order chi connectivity index (χ0) is 16.1. The van der Waals surface area contributed by atoms with E-state index in [-0.39, 0.29) is 17.7 Å². The lowest BCUT2D eigenvalue weighted by Crippen LogP contribution is -2.38. The highest BCUT2D eigenvalue weighted by atomic mass is 32.2. The monoisotopic (exact) mass is 330 g/mol. The normalized spacial score (nSPS) is 14.3. The summed E-state index contributed by atoms with van der Waals surface area (Å²) in [4.78, 5) is 24.8. The molecule has 6 nitrogen and oxygen atoms in total. The summed E-state index contributed by atoms with van der Waals surface area (Å²) in [7, 11) is 0. The first-order valence-corrected chi connectivity index (χ1v) is 8.48. The fourth-order valence-corrected chi connectivity index (χ4v) is 3.21. The molecule has 120 valence electrons. The molecule has 2 heterocycles. The summed E-state index contributed by atoms with van der Waals surface area (Å²) in [5.74, 6) is 0.670. The van der Waals surface area contributed by atoms with E-state index in [2.05, 4.69) is 10.4 Å². The van der Waals surface area contributed by atoms with Gasteiger partial charge in [-0.05, 0) is 30.2 Å². The zero-order valence-electron chi connectivity index (χ0n) is 12.6. The second kappa shape index (κ2) is 7.32. The van der Waals surface area contributed by atoms with E-state index in [0.717, 1.165) is 23.4 Å². The highest BCUT2D eigenvalue weighted by Crippen LogP contribution is 2.16. The molecule has 23 heavy (non-hydrogen) atoms. The van der Waals surface area contributed by atoms with Gasteiger partial charge >= 0.3 is 0 Å². The third-order valence-electron chi connectivity index (χ3n) is 3.62. The smallest absolute Gasteiger partial charge is 0.282 e. The van der Waals surface area contributed by atoms with Crippen LogP contribution in [0.4, 0.5) is 4.79 Å². The van der Waals surface area contributed by atoms with Crippen LogP contribution in [-0.4, -0.2) is 51.2 Å². The number of benzene rings is 1. The number of carbonyl (C=O) groups is 2. The summed E-state index contributed by atoms with van der Waals surface area (Å²) in [5.41, 5.74) is 2.15. The predicted octanol–water partition coefficient (Wildman–Crippen LogP) is 1.70. The number of nitrogens with one attached hydrogen (secondary N) is 1. The van der Waals surface area contributed by atoms with Crippen LogP contribution in [0.1, 0.15) is 5.56 Å². The number of thioether (sulfide) groups is 1. The van der Waals surface area contributed by atoms with E-state index in [4.69, 9.17) is 0 Å². The van der Waals surface area contributed by atoms with Crippen LogP contribution in [0.2, 0.25) is 0 Å². The van der Waals surface area contributed by atoms with Crippen LogP contribution < -0.4 is 5.32 Å². The Morgan fingerprint density at radius 3 is 2.78 bits per heavy atom. The predicted molar refractivity (Wildman–Crippen MR) is 89.7 cm³/mol. The molecule has 7 heteroatoms. The summed E-state index contributed by atoms with van der Waals surface area (Å²) in [6, 6.07) is 9.95. The van der Waals surface area contributed by atoms with Crippen LogP contribution in [-0.2, 0) is 11.2 Å². The lowest BCUT2D eigenvalue weighted by molar-refractivity contribution is -0.121. The van der Waals surface area contributed by atoms with Crippen molar-refractivity contribution >= 4 is 22.9 Å². The maximum Gasteiger partial charge on any atom is 0.282 e. The second-order valence-electron chi connectivity index (χ2n) is 5.25. The van der Waals surface area contributed by atoms with Gasteiger partial charge in [-0.25, -0.2) is 4.68 Å². The molecular weight excluding hydrogens is 312 g/mol. The average molecular weight is 330 g/mol. The van der Waals surface area contributed by atoms with Gasteiger partial charge in [0.05, 0.1) is 5.69 Å². The van der Waals surface area contributed by atoms with Gasteiger partial charge in [0, 0.05) is 31.2 Å². The first-order valence-electron chi connectivity index (χ1n) is 7.50. The largest absolute Gasteiger partial charge is 0.354 e. The van der Waals surface area contributed by atoms with Crippen LogP contribution in [0.3, 0.4) is 0 Å². The highest BCUT2D eigenvalue weighted by molar-refractivity contribution is 8.13. The first-order chi connectivity index (χ1) is 11.2. The molecule has 0 radical (unpaired) electrons. The number of aromatic nitrogens is 2. The van der Waals surface area contributed by atoms with Gasteiger partial charge in [0.2, 0.25) is 5.91 Å². The van der Waals surface area contributed by atoms with E-state index in [1.165, 1.54) is 11.8 Å². The zero-order valence-corrected chi connectivity index (χ0v) is 13.5. The number of hydrogen-bond acceptors (Lipinski definition) is 4. The van der Waals surface area contributed by atoms with E-state index >= 15 is 0 Å². The van der Waals surface area contributed by atoms with Gasteiger partial charge in [0.15, 0.2) is 0 Å². The summed E-state index contributed by atoms with van der Waals surface area (Å²) in [5, 5.41) is 7.04. The maximum atomic E-state index is 11.8. The average Bonchev–Trinajstić information content (AvgIpc) is 3.21. The molecule has 0 bridgehead atoms. The van der Waals surface area contributed by atoms with Gasteiger partial charge in [-0.2, -0.15) is 5.10 Å². The molecule has 1 aliphatic rings. The van der Waals surface area contributed by atoms with Gasteiger partial charge in [0.1, 0.15) is 6.54 Å². The van der Waals surface area contributed by atoms with E-state index in [0.29, 0.717) is 13.1 Å². The number of nitrogens with zero attached hydrogens (tertiary/aromatic N) is 3. The second-order valence-corrected chi connectivity index (χ2v) is 6.30. The molecule has 0 atom stereocenters. The summed E-state index contributed by atoms with van der Waals surface area (Å²) < 4.78 is 1.80. The van der Waals surface area contributed by atoms with E-state index in [1.807, 2.05) is 36.5 Å². The molecule has 1 aromatic heterocycles. The van der Waals surface area contributed by atoms with Crippen LogP contribution in [0.25, 0.3) is 5.69 Å². The van der Waals surface area contributed by atoms with Crippen molar-refractivity contribution in [1.82, 2.24) is 20.0 Å². The van der Waals surface area contributed by atoms with Gasteiger partial charge < -0.3 is 10.2 Å². The molecule has 1 N–H and O–H groups in total. The lowest BCUT2D eigenvalue weighted by Gasteiger charge is -2.14. The standard InChI is InChI=1S/C16H18N4O2S/c21-15(12-19-10-11-23-16(19)22)17-8-6-13-2-4-14(5-3-13)20-9-1-7-18-20/h1-5,7,9H,6,8,10-12H2,(H,17,21). The van der Waals surface area contributed by atoms with Crippen LogP contribution in [0.5, 0.6) is 0 Å². The van der Waals surface area contributed by atoms with Gasteiger partial charge in [-0.1, -0.05) is 23.9 Å². The lowest BCUT2D eigenvalue weighted by atomic mass is 10.1. The molecular formula is C16H18N4O2S. The Kier molecular flexibility index (Phi) is 4.97. The van der Waals surface area contributed by atoms with Crippen molar-refractivity contribution in [2.45, 2.75) is 6.42 Å². The van der Waals surface area contributed by atoms with Crippen molar-refractivity contribution in [2.75, 3.05) is 25.4 Å². The Labute approximate surface area is 138 Å². The molecule has 2 amide bonds. The third kappa shape index (κ3) is 4.13. The summed E-state index contributed by atoms with van der Waals surface area (Å²) in [6.07, 6.45) is 4.40. The molecule has 0 spiro atoms. The van der Waals surface area contributed by atoms with Gasteiger partial charge in [-0.15, -0.1) is 0 Å². The minimum Gasteiger partial charge on any atom is -0.354 e. The molecule has 3 rings (SSSR count). The SMILES string of the molecule is O=C(CN1CCSC1=O)NCCc1ccc(-n2cccn2)cc1.